The van der Waals surface area contributed by atoms with Gasteiger partial charge in [0.05, 0.1) is 6.04 Å². The summed E-state index contributed by atoms with van der Waals surface area (Å²) in [5, 5.41) is 1.17. The van der Waals surface area contributed by atoms with Gasteiger partial charge in [-0.15, -0.1) is 0 Å². The second kappa shape index (κ2) is 4.14. The Balaban J connectivity index is 3.20. The minimum absolute atomic E-state index is 0.291. The number of rotatable bonds is 2. The Labute approximate surface area is 88.1 Å². The zero-order valence-electron chi connectivity index (χ0n) is 7.35. The number of hydrogen-bond acceptors (Lipinski definition) is 1. The van der Waals surface area contributed by atoms with Crippen molar-refractivity contribution in [1.82, 2.24) is 0 Å². The van der Waals surface area contributed by atoms with Crippen molar-refractivity contribution in [3.05, 3.63) is 46.0 Å². The molecule has 0 aliphatic heterocycles. The van der Waals surface area contributed by atoms with E-state index in [0.29, 0.717) is 10.0 Å². The van der Waals surface area contributed by atoms with Crippen LogP contribution in [0.4, 0.5) is 0 Å². The lowest BCUT2D eigenvalue weighted by atomic mass is 10.0. The van der Waals surface area contributed by atoms with Crippen LogP contribution >= 0.6 is 23.2 Å². The number of hydrogen-bond donors (Lipinski definition) is 1. The summed E-state index contributed by atoms with van der Waals surface area (Å²) in [6.45, 7) is 5.62. The average molecular weight is 216 g/mol. The fraction of sp³-hybridized carbons (Fsp3) is 0.200. The van der Waals surface area contributed by atoms with Crippen molar-refractivity contribution in [3.63, 3.8) is 0 Å². The van der Waals surface area contributed by atoms with Crippen molar-refractivity contribution in [2.24, 2.45) is 5.73 Å². The maximum absolute atomic E-state index is 5.96. The van der Waals surface area contributed by atoms with Crippen LogP contribution in [0.25, 0.3) is 0 Å². The van der Waals surface area contributed by atoms with Gasteiger partial charge in [-0.3, -0.25) is 0 Å². The maximum Gasteiger partial charge on any atom is 0.0535 e. The van der Waals surface area contributed by atoms with Gasteiger partial charge < -0.3 is 5.73 Å². The van der Waals surface area contributed by atoms with Gasteiger partial charge >= 0.3 is 0 Å². The summed E-state index contributed by atoms with van der Waals surface area (Å²) < 4.78 is 0. The molecule has 1 rings (SSSR count). The van der Waals surface area contributed by atoms with Gasteiger partial charge in [-0.25, -0.2) is 0 Å². The van der Waals surface area contributed by atoms with Crippen molar-refractivity contribution < 1.29 is 0 Å². The number of benzene rings is 1. The molecule has 0 fully saturated rings. The van der Waals surface area contributed by atoms with Gasteiger partial charge in [0.25, 0.3) is 0 Å². The highest BCUT2D eigenvalue weighted by molar-refractivity contribution is 6.36. The first-order valence-corrected chi connectivity index (χ1v) is 4.64. The molecule has 0 saturated carbocycles. The largest absolute Gasteiger partial charge is 0.320 e. The molecular formula is C10H11Cl2N. The average Bonchev–Trinajstić information content (AvgIpc) is 2.03. The second-order valence-corrected chi connectivity index (χ2v) is 3.77. The van der Waals surface area contributed by atoms with Gasteiger partial charge in [-0.05, 0) is 19.1 Å². The fourth-order valence-electron chi connectivity index (χ4n) is 1.05. The molecule has 0 heterocycles. The Morgan fingerprint density at radius 3 is 2.23 bits per heavy atom. The number of nitrogens with two attached hydrogens (primary N) is 1. The van der Waals surface area contributed by atoms with Crippen LogP contribution in [-0.4, -0.2) is 0 Å². The third kappa shape index (κ3) is 2.25. The summed E-state index contributed by atoms with van der Waals surface area (Å²) in [6.07, 6.45) is 0. The minimum Gasteiger partial charge on any atom is -0.320 e. The molecule has 0 aliphatic carbocycles. The minimum atomic E-state index is -0.291. The monoisotopic (exact) mass is 215 g/mol. The van der Waals surface area contributed by atoms with Gasteiger partial charge in [0.1, 0.15) is 0 Å². The van der Waals surface area contributed by atoms with Gasteiger partial charge in [0, 0.05) is 15.6 Å². The van der Waals surface area contributed by atoms with E-state index < -0.39 is 0 Å². The maximum atomic E-state index is 5.96. The normalized spacial score (nSPS) is 12.6. The Kier molecular flexibility index (Phi) is 3.37. The molecule has 0 aliphatic rings. The predicted molar refractivity (Wildman–Crippen MR) is 58.2 cm³/mol. The third-order valence-corrected chi connectivity index (χ3v) is 2.50. The van der Waals surface area contributed by atoms with E-state index >= 15 is 0 Å². The molecular weight excluding hydrogens is 205 g/mol. The smallest absolute Gasteiger partial charge is 0.0535 e. The molecule has 0 spiro atoms. The first kappa shape index (κ1) is 10.6. The lowest BCUT2D eigenvalue weighted by Gasteiger charge is -2.14. The molecule has 1 unspecified atom stereocenters. The quantitative estimate of drug-likeness (QED) is 0.751. The van der Waals surface area contributed by atoms with E-state index in [2.05, 4.69) is 6.58 Å². The van der Waals surface area contributed by atoms with Crippen LogP contribution in [0.15, 0.2) is 30.4 Å². The van der Waals surface area contributed by atoms with Crippen molar-refractivity contribution in [3.8, 4) is 0 Å². The van der Waals surface area contributed by atoms with Crippen LogP contribution in [0.5, 0.6) is 0 Å². The lowest BCUT2D eigenvalue weighted by Crippen LogP contribution is -2.11. The second-order valence-electron chi connectivity index (χ2n) is 2.96. The molecule has 1 aromatic rings. The standard InChI is InChI=1S/C10H11Cl2N/c1-6(2)10(13)9-7(11)4-3-5-8(9)12/h3-5,10H,1,13H2,2H3. The third-order valence-electron chi connectivity index (χ3n) is 1.84. The van der Waals surface area contributed by atoms with Crippen molar-refractivity contribution >= 4 is 23.2 Å². The van der Waals surface area contributed by atoms with E-state index in [4.69, 9.17) is 28.9 Å². The van der Waals surface area contributed by atoms with Crippen molar-refractivity contribution in [1.29, 1.82) is 0 Å². The Morgan fingerprint density at radius 2 is 1.85 bits per heavy atom. The summed E-state index contributed by atoms with van der Waals surface area (Å²) in [6, 6.07) is 5.04. The lowest BCUT2D eigenvalue weighted by molar-refractivity contribution is 0.851. The molecule has 1 aromatic carbocycles. The first-order valence-electron chi connectivity index (χ1n) is 3.89. The SMILES string of the molecule is C=C(C)C(N)c1c(Cl)cccc1Cl. The molecule has 3 heteroatoms. The topological polar surface area (TPSA) is 26.0 Å². The van der Waals surface area contributed by atoms with E-state index in [-0.39, 0.29) is 6.04 Å². The van der Waals surface area contributed by atoms with Crippen molar-refractivity contribution in [2.45, 2.75) is 13.0 Å². The zero-order valence-corrected chi connectivity index (χ0v) is 8.86. The van der Waals surface area contributed by atoms with E-state index in [1.54, 1.807) is 18.2 Å². The summed E-state index contributed by atoms with van der Waals surface area (Å²) in [4.78, 5) is 0. The summed E-state index contributed by atoms with van der Waals surface area (Å²) >= 11 is 11.9. The molecule has 0 saturated heterocycles. The van der Waals surface area contributed by atoms with Crippen LogP contribution in [-0.2, 0) is 0 Å². The molecule has 13 heavy (non-hydrogen) atoms. The van der Waals surface area contributed by atoms with Gasteiger partial charge in [-0.2, -0.15) is 0 Å². The number of halogens is 2. The van der Waals surface area contributed by atoms with E-state index in [1.165, 1.54) is 0 Å². The summed E-state index contributed by atoms with van der Waals surface area (Å²) in [5.41, 5.74) is 7.46. The Hall–Kier alpha value is -0.500. The first-order chi connectivity index (χ1) is 6.04. The highest BCUT2D eigenvalue weighted by Gasteiger charge is 2.13. The van der Waals surface area contributed by atoms with E-state index in [1.807, 2.05) is 6.92 Å². The molecule has 0 bridgehead atoms. The van der Waals surface area contributed by atoms with Crippen LogP contribution in [0.3, 0.4) is 0 Å². The Bertz CT molecular complexity index is 313. The fourth-order valence-corrected chi connectivity index (χ4v) is 1.69. The van der Waals surface area contributed by atoms with Crippen LogP contribution < -0.4 is 5.73 Å². The van der Waals surface area contributed by atoms with Gasteiger partial charge in [0.15, 0.2) is 0 Å². The Morgan fingerprint density at radius 1 is 1.38 bits per heavy atom. The van der Waals surface area contributed by atoms with Crippen LogP contribution in [0, 0.1) is 0 Å². The molecule has 1 nitrogen and oxygen atoms in total. The van der Waals surface area contributed by atoms with Gasteiger partial charge in [0.2, 0.25) is 0 Å². The molecule has 0 amide bonds. The van der Waals surface area contributed by atoms with Crippen molar-refractivity contribution in [2.75, 3.05) is 0 Å². The molecule has 0 aromatic heterocycles. The van der Waals surface area contributed by atoms with Crippen LogP contribution in [0.1, 0.15) is 18.5 Å². The van der Waals surface area contributed by atoms with Gasteiger partial charge in [-0.1, -0.05) is 41.4 Å². The van der Waals surface area contributed by atoms with E-state index in [0.717, 1.165) is 11.1 Å². The molecule has 70 valence electrons. The summed E-state index contributed by atoms with van der Waals surface area (Å²) in [7, 11) is 0. The summed E-state index contributed by atoms with van der Waals surface area (Å²) in [5.74, 6) is 0. The highest BCUT2D eigenvalue weighted by atomic mass is 35.5. The highest BCUT2D eigenvalue weighted by Crippen LogP contribution is 2.31. The molecule has 2 N–H and O–H groups in total. The molecule has 0 radical (unpaired) electrons. The molecule has 1 atom stereocenters. The van der Waals surface area contributed by atoms with Crippen LogP contribution in [0.2, 0.25) is 10.0 Å². The zero-order chi connectivity index (χ0) is 10.0. The predicted octanol–water partition coefficient (Wildman–Crippen LogP) is 3.57. The van der Waals surface area contributed by atoms with E-state index in [9.17, 15) is 0 Å².